The summed E-state index contributed by atoms with van der Waals surface area (Å²) >= 11 is 5.92. The summed E-state index contributed by atoms with van der Waals surface area (Å²) in [6.45, 7) is 0. The molecule has 0 aromatic heterocycles. The van der Waals surface area contributed by atoms with Gasteiger partial charge in [0.05, 0.1) is 12.8 Å². The normalized spacial score (nSPS) is 15.9. The number of imide groups is 1. The molecule has 0 bridgehead atoms. The Balaban J connectivity index is 1.97. The predicted molar refractivity (Wildman–Crippen MR) is 88.4 cm³/mol. The molecule has 0 saturated carbocycles. The molecule has 1 fully saturated rings. The van der Waals surface area contributed by atoms with Crippen LogP contribution in [-0.4, -0.2) is 19.0 Å². The molecule has 3 rings (SSSR count). The van der Waals surface area contributed by atoms with E-state index < -0.39 is 11.9 Å². The van der Waals surface area contributed by atoms with Gasteiger partial charge in [-0.2, -0.15) is 0 Å². The molecule has 3 amide bonds. The van der Waals surface area contributed by atoms with E-state index in [9.17, 15) is 9.59 Å². The van der Waals surface area contributed by atoms with Gasteiger partial charge in [-0.1, -0.05) is 35.9 Å². The first-order valence-corrected chi connectivity index (χ1v) is 7.23. The molecule has 0 spiro atoms. The van der Waals surface area contributed by atoms with E-state index in [0.29, 0.717) is 22.0 Å². The van der Waals surface area contributed by atoms with Crippen molar-refractivity contribution in [1.82, 2.24) is 5.32 Å². The molecule has 1 N–H and O–H groups in total. The molecule has 23 heavy (non-hydrogen) atoms. The van der Waals surface area contributed by atoms with Crippen LogP contribution in [0.4, 0.5) is 10.5 Å². The number of nitrogens with one attached hydrogen (secondary N) is 1. The fourth-order valence-corrected chi connectivity index (χ4v) is 2.51. The summed E-state index contributed by atoms with van der Waals surface area (Å²) in [5, 5.41) is 3.02. The van der Waals surface area contributed by atoms with Crippen molar-refractivity contribution in [2.24, 2.45) is 0 Å². The minimum Gasteiger partial charge on any atom is -0.496 e. The van der Waals surface area contributed by atoms with Gasteiger partial charge in [0.15, 0.2) is 0 Å². The predicted octanol–water partition coefficient (Wildman–Crippen LogP) is 3.45. The Morgan fingerprint density at radius 2 is 1.91 bits per heavy atom. The first-order valence-electron chi connectivity index (χ1n) is 6.86. The maximum atomic E-state index is 12.5. The van der Waals surface area contributed by atoms with Crippen LogP contribution < -0.4 is 15.0 Å². The molecule has 2 aromatic rings. The molecule has 5 nitrogen and oxygen atoms in total. The van der Waals surface area contributed by atoms with Crippen LogP contribution in [0, 0.1) is 0 Å². The van der Waals surface area contributed by atoms with E-state index in [1.165, 1.54) is 0 Å². The van der Waals surface area contributed by atoms with E-state index in [4.69, 9.17) is 16.3 Å². The molecule has 1 saturated heterocycles. The lowest BCUT2D eigenvalue weighted by atomic mass is 10.1. The summed E-state index contributed by atoms with van der Waals surface area (Å²) in [5.41, 5.74) is 1.30. The second-order valence-electron chi connectivity index (χ2n) is 4.85. The number of methoxy groups -OCH3 is 1. The van der Waals surface area contributed by atoms with Crippen LogP contribution in [0.1, 0.15) is 5.56 Å². The van der Waals surface area contributed by atoms with Crippen molar-refractivity contribution >= 4 is 35.3 Å². The molecule has 1 aliphatic heterocycles. The highest BCUT2D eigenvalue weighted by atomic mass is 35.5. The van der Waals surface area contributed by atoms with Crippen molar-refractivity contribution in [1.29, 1.82) is 0 Å². The molecular formula is C17H13ClN2O3. The van der Waals surface area contributed by atoms with Gasteiger partial charge < -0.3 is 10.1 Å². The zero-order valence-electron chi connectivity index (χ0n) is 12.2. The van der Waals surface area contributed by atoms with Crippen molar-refractivity contribution in [2.45, 2.75) is 0 Å². The molecule has 1 heterocycles. The molecule has 0 radical (unpaired) electrons. The number of rotatable bonds is 3. The van der Waals surface area contributed by atoms with E-state index in [2.05, 4.69) is 5.32 Å². The van der Waals surface area contributed by atoms with Crippen LogP contribution in [0.5, 0.6) is 5.75 Å². The van der Waals surface area contributed by atoms with Gasteiger partial charge in [0.2, 0.25) is 0 Å². The van der Waals surface area contributed by atoms with Gasteiger partial charge in [-0.3, -0.25) is 4.79 Å². The fourth-order valence-electron chi connectivity index (χ4n) is 2.33. The van der Waals surface area contributed by atoms with E-state index in [-0.39, 0.29) is 5.70 Å². The van der Waals surface area contributed by atoms with Crippen molar-refractivity contribution in [3.8, 4) is 5.75 Å². The minimum atomic E-state index is -0.515. The number of carbonyl (C=O) groups is 2. The number of urea groups is 1. The van der Waals surface area contributed by atoms with Crippen LogP contribution >= 0.6 is 11.6 Å². The van der Waals surface area contributed by atoms with Gasteiger partial charge in [-0.25, -0.2) is 9.69 Å². The average molecular weight is 329 g/mol. The highest BCUT2D eigenvalue weighted by molar-refractivity contribution is 6.32. The third-order valence-corrected chi connectivity index (χ3v) is 3.62. The molecule has 6 heteroatoms. The van der Waals surface area contributed by atoms with E-state index in [0.717, 1.165) is 4.90 Å². The number of para-hydroxylation sites is 1. The summed E-state index contributed by atoms with van der Waals surface area (Å²) in [6.07, 6.45) is 1.59. The Bertz CT molecular complexity index is 817. The topological polar surface area (TPSA) is 58.6 Å². The lowest BCUT2D eigenvalue weighted by Gasteiger charge is -2.11. The largest absolute Gasteiger partial charge is 0.496 e. The molecule has 116 valence electrons. The molecule has 2 aromatic carbocycles. The monoisotopic (exact) mass is 328 g/mol. The summed E-state index contributed by atoms with van der Waals surface area (Å²) in [4.78, 5) is 25.7. The van der Waals surface area contributed by atoms with Gasteiger partial charge in [-0.15, -0.1) is 0 Å². The smallest absolute Gasteiger partial charge is 0.333 e. The second kappa shape index (κ2) is 6.14. The van der Waals surface area contributed by atoms with Crippen LogP contribution in [0.25, 0.3) is 6.08 Å². The van der Waals surface area contributed by atoms with E-state index in [1.807, 2.05) is 12.1 Å². The summed E-state index contributed by atoms with van der Waals surface area (Å²) in [5.74, 6) is 0.173. The van der Waals surface area contributed by atoms with Crippen LogP contribution in [0.15, 0.2) is 54.2 Å². The second-order valence-corrected chi connectivity index (χ2v) is 5.29. The lowest BCUT2D eigenvalue weighted by molar-refractivity contribution is -0.113. The minimum absolute atomic E-state index is 0.180. The summed E-state index contributed by atoms with van der Waals surface area (Å²) in [7, 11) is 1.55. The molecule has 0 atom stereocenters. The van der Waals surface area contributed by atoms with Crippen molar-refractivity contribution in [3.63, 3.8) is 0 Å². The van der Waals surface area contributed by atoms with Crippen molar-refractivity contribution < 1.29 is 14.3 Å². The van der Waals surface area contributed by atoms with Gasteiger partial charge in [0.25, 0.3) is 5.91 Å². The van der Waals surface area contributed by atoms with Gasteiger partial charge in [-0.05, 0) is 30.3 Å². The Kier molecular flexibility index (Phi) is 4.04. The maximum absolute atomic E-state index is 12.5. The fraction of sp³-hybridized carbons (Fsp3) is 0.0588. The van der Waals surface area contributed by atoms with Gasteiger partial charge >= 0.3 is 6.03 Å². The zero-order chi connectivity index (χ0) is 16.4. The number of hydrogen-bond donors (Lipinski definition) is 1. The average Bonchev–Trinajstić information content (AvgIpc) is 2.82. The molecule has 0 aliphatic carbocycles. The van der Waals surface area contributed by atoms with Crippen molar-refractivity contribution in [2.75, 3.05) is 12.0 Å². The Labute approximate surface area is 138 Å². The Morgan fingerprint density at radius 3 is 2.65 bits per heavy atom. The number of ether oxygens (including phenoxy) is 1. The van der Waals surface area contributed by atoms with Gasteiger partial charge in [0.1, 0.15) is 11.4 Å². The zero-order valence-corrected chi connectivity index (χ0v) is 13.0. The number of benzene rings is 2. The molecular weight excluding hydrogens is 316 g/mol. The quantitative estimate of drug-likeness (QED) is 0.693. The first kappa shape index (κ1) is 15.1. The number of hydrogen-bond acceptors (Lipinski definition) is 3. The van der Waals surface area contributed by atoms with Crippen molar-refractivity contribution in [3.05, 3.63) is 64.8 Å². The highest BCUT2D eigenvalue weighted by Crippen LogP contribution is 2.26. The highest BCUT2D eigenvalue weighted by Gasteiger charge is 2.35. The van der Waals surface area contributed by atoms with E-state index >= 15 is 0 Å². The third-order valence-electron chi connectivity index (χ3n) is 3.38. The van der Waals surface area contributed by atoms with Gasteiger partial charge in [0, 0.05) is 10.6 Å². The molecule has 0 unspecified atom stereocenters. The standard InChI is InChI=1S/C17H13ClN2O3/c1-23-15-8-3-2-5-11(15)9-14-16(21)20(17(22)19-14)13-7-4-6-12(18)10-13/h2-10H,1H3,(H,19,22)/b14-9+. The number of nitrogens with zero attached hydrogens (tertiary/aromatic N) is 1. The summed E-state index contributed by atoms with van der Waals surface area (Å²) in [6, 6.07) is 13.3. The molecule has 1 aliphatic rings. The van der Waals surface area contributed by atoms with E-state index in [1.54, 1.807) is 49.6 Å². The third kappa shape index (κ3) is 2.91. The maximum Gasteiger partial charge on any atom is 0.333 e. The lowest BCUT2D eigenvalue weighted by Crippen LogP contribution is -2.30. The Morgan fingerprint density at radius 1 is 1.13 bits per heavy atom. The number of anilines is 1. The van der Waals surface area contributed by atoms with Crippen LogP contribution in [0.3, 0.4) is 0 Å². The summed E-state index contributed by atoms with van der Waals surface area (Å²) < 4.78 is 5.25. The number of halogens is 1. The van der Waals surface area contributed by atoms with Crippen LogP contribution in [-0.2, 0) is 4.79 Å². The number of carbonyl (C=O) groups excluding carboxylic acids is 2. The SMILES string of the molecule is COc1ccccc1/C=C1/NC(=O)N(c2cccc(Cl)c2)C1=O. The first-order chi connectivity index (χ1) is 11.1. The Hall–Kier alpha value is -2.79. The van der Waals surface area contributed by atoms with Crippen LogP contribution in [0.2, 0.25) is 5.02 Å². The number of amides is 3.